The third-order valence-corrected chi connectivity index (χ3v) is 5.37. The van der Waals surface area contributed by atoms with Crippen LogP contribution in [-0.4, -0.2) is 44.7 Å². The molecular weight excluding hydrogens is 338 g/mol. The summed E-state index contributed by atoms with van der Waals surface area (Å²) in [5, 5.41) is 4.36. The fourth-order valence-electron chi connectivity index (χ4n) is 3.98. The van der Waals surface area contributed by atoms with Gasteiger partial charge in [-0.3, -0.25) is 0 Å². The molecule has 2 amide bonds. The zero-order chi connectivity index (χ0) is 18.5. The minimum atomic E-state index is 0.0719. The van der Waals surface area contributed by atoms with Gasteiger partial charge in [0.05, 0.1) is 6.33 Å². The summed E-state index contributed by atoms with van der Waals surface area (Å²) < 4.78 is 4.36. The zero-order valence-corrected chi connectivity index (χ0v) is 15.6. The minimum Gasteiger partial charge on any atom is -0.347 e. The van der Waals surface area contributed by atoms with Gasteiger partial charge in [-0.1, -0.05) is 18.2 Å². The van der Waals surface area contributed by atoms with E-state index in [-0.39, 0.29) is 6.03 Å². The van der Waals surface area contributed by atoms with Gasteiger partial charge in [0, 0.05) is 56.8 Å². The summed E-state index contributed by atoms with van der Waals surface area (Å²) in [6, 6.07) is 10.6. The molecule has 0 spiro atoms. The quantitative estimate of drug-likeness (QED) is 0.681. The Balaban J connectivity index is 1.22. The Hall–Kier alpha value is -2.76. The van der Waals surface area contributed by atoms with E-state index in [9.17, 15) is 4.79 Å². The number of hydrogen-bond donors (Lipinski definition) is 1. The van der Waals surface area contributed by atoms with E-state index in [4.69, 9.17) is 0 Å². The van der Waals surface area contributed by atoms with Crippen LogP contribution in [-0.2, 0) is 13.1 Å². The molecule has 1 aromatic carbocycles. The molecule has 3 heterocycles. The van der Waals surface area contributed by atoms with Crippen LogP contribution in [0.1, 0.15) is 19.3 Å². The molecule has 1 fully saturated rings. The average Bonchev–Trinajstić information content (AvgIpc) is 3.35. The van der Waals surface area contributed by atoms with E-state index in [2.05, 4.69) is 56.0 Å². The third kappa shape index (κ3) is 4.32. The van der Waals surface area contributed by atoms with Crippen molar-refractivity contribution in [2.75, 3.05) is 19.6 Å². The van der Waals surface area contributed by atoms with E-state index in [1.807, 2.05) is 17.4 Å². The molecule has 142 valence electrons. The first-order chi connectivity index (χ1) is 13.3. The lowest BCUT2D eigenvalue weighted by atomic mass is 9.98. The van der Waals surface area contributed by atoms with Crippen molar-refractivity contribution in [3.05, 3.63) is 55.2 Å². The number of nitrogens with one attached hydrogen (secondary N) is 1. The molecule has 2 aromatic heterocycles. The molecule has 1 aliphatic heterocycles. The fourth-order valence-corrected chi connectivity index (χ4v) is 3.98. The Kier molecular flexibility index (Phi) is 5.42. The van der Waals surface area contributed by atoms with E-state index in [0.29, 0.717) is 12.5 Å². The second kappa shape index (κ2) is 8.29. The summed E-state index contributed by atoms with van der Waals surface area (Å²) in [4.78, 5) is 18.6. The Morgan fingerprint density at radius 2 is 2.15 bits per heavy atom. The van der Waals surface area contributed by atoms with Gasteiger partial charge in [-0.05, 0) is 42.7 Å². The van der Waals surface area contributed by atoms with Crippen molar-refractivity contribution in [1.29, 1.82) is 0 Å². The maximum absolute atomic E-state index is 12.5. The number of carbonyl (C=O) groups is 1. The van der Waals surface area contributed by atoms with Crippen LogP contribution >= 0.6 is 0 Å². The number of piperidine rings is 1. The van der Waals surface area contributed by atoms with Crippen molar-refractivity contribution in [1.82, 2.24) is 24.3 Å². The van der Waals surface area contributed by atoms with Crippen molar-refractivity contribution in [2.45, 2.75) is 32.4 Å². The number of urea groups is 1. The predicted molar refractivity (Wildman–Crippen MR) is 106 cm³/mol. The lowest BCUT2D eigenvalue weighted by Crippen LogP contribution is -2.46. The highest BCUT2D eigenvalue weighted by Gasteiger charge is 2.23. The largest absolute Gasteiger partial charge is 0.347 e. The van der Waals surface area contributed by atoms with Gasteiger partial charge in [-0.15, -0.1) is 0 Å². The summed E-state index contributed by atoms with van der Waals surface area (Å²) in [6.07, 6.45) is 10.9. The van der Waals surface area contributed by atoms with E-state index in [1.54, 1.807) is 6.20 Å². The van der Waals surface area contributed by atoms with Crippen molar-refractivity contribution < 1.29 is 4.79 Å². The van der Waals surface area contributed by atoms with Gasteiger partial charge >= 0.3 is 6.03 Å². The van der Waals surface area contributed by atoms with Gasteiger partial charge in [0.25, 0.3) is 0 Å². The van der Waals surface area contributed by atoms with Crippen molar-refractivity contribution in [3.63, 3.8) is 0 Å². The number of nitrogens with zero attached hydrogens (tertiary/aromatic N) is 4. The molecule has 3 aromatic rings. The molecule has 6 heteroatoms. The number of amides is 2. The standard InChI is InChI=1S/C21H27N5O/c27-21(26-11-3-5-18(16-26)15-24-14-10-22-17-24)23-9-4-12-25-13-8-19-6-1-2-7-20(19)25/h1-2,6-8,10,13-14,17-18H,3-5,9,11-12,15-16H2,(H,23,27)/t18-/m0/s1. The van der Waals surface area contributed by atoms with Gasteiger partial charge in [0.2, 0.25) is 0 Å². The Morgan fingerprint density at radius 3 is 3.04 bits per heavy atom. The molecule has 27 heavy (non-hydrogen) atoms. The van der Waals surface area contributed by atoms with Crippen molar-refractivity contribution in [2.24, 2.45) is 5.92 Å². The van der Waals surface area contributed by atoms with Crippen molar-refractivity contribution >= 4 is 16.9 Å². The van der Waals surface area contributed by atoms with Crippen LogP contribution in [0.2, 0.25) is 0 Å². The molecule has 0 bridgehead atoms. The first-order valence-electron chi connectivity index (χ1n) is 9.82. The zero-order valence-electron chi connectivity index (χ0n) is 15.6. The molecular formula is C21H27N5O. The molecule has 1 N–H and O–H groups in total. The molecule has 0 aliphatic carbocycles. The predicted octanol–water partition coefficient (Wildman–Crippen LogP) is 3.35. The van der Waals surface area contributed by atoms with Crippen molar-refractivity contribution in [3.8, 4) is 0 Å². The summed E-state index contributed by atoms with van der Waals surface area (Å²) in [5.74, 6) is 0.505. The highest BCUT2D eigenvalue weighted by Crippen LogP contribution is 2.18. The molecule has 4 rings (SSSR count). The molecule has 1 saturated heterocycles. The first kappa shape index (κ1) is 17.6. The molecule has 0 unspecified atom stereocenters. The highest BCUT2D eigenvalue weighted by molar-refractivity contribution is 5.79. The second-order valence-electron chi connectivity index (χ2n) is 7.37. The van der Waals surface area contributed by atoms with Crippen LogP contribution in [0.5, 0.6) is 0 Å². The summed E-state index contributed by atoms with van der Waals surface area (Å²) >= 11 is 0. The number of likely N-dealkylation sites (tertiary alicyclic amines) is 1. The number of fused-ring (bicyclic) bond motifs is 1. The van der Waals surface area contributed by atoms with E-state index >= 15 is 0 Å². The van der Waals surface area contributed by atoms with Crippen LogP contribution in [0.25, 0.3) is 10.9 Å². The maximum Gasteiger partial charge on any atom is 0.317 e. The van der Waals surface area contributed by atoms with Crippen LogP contribution in [0.15, 0.2) is 55.2 Å². The number of aryl methyl sites for hydroxylation is 1. The second-order valence-corrected chi connectivity index (χ2v) is 7.37. The van der Waals surface area contributed by atoms with Crippen LogP contribution in [0, 0.1) is 5.92 Å². The minimum absolute atomic E-state index is 0.0719. The van der Waals surface area contributed by atoms with E-state index < -0.39 is 0 Å². The van der Waals surface area contributed by atoms with Gasteiger partial charge in [-0.25, -0.2) is 9.78 Å². The van der Waals surface area contributed by atoms with E-state index in [1.165, 1.54) is 17.3 Å². The number of benzene rings is 1. The van der Waals surface area contributed by atoms with Gasteiger partial charge in [0.1, 0.15) is 0 Å². The Bertz CT molecular complexity index is 870. The number of rotatable bonds is 6. The van der Waals surface area contributed by atoms with E-state index in [0.717, 1.165) is 39.0 Å². The topological polar surface area (TPSA) is 55.1 Å². The monoisotopic (exact) mass is 365 g/mol. The highest BCUT2D eigenvalue weighted by atomic mass is 16.2. The number of imidazole rings is 1. The smallest absolute Gasteiger partial charge is 0.317 e. The number of hydrogen-bond acceptors (Lipinski definition) is 2. The molecule has 0 saturated carbocycles. The summed E-state index contributed by atoms with van der Waals surface area (Å²) in [7, 11) is 0. The molecule has 1 atom stereocenters. The number of carbonyl (C=O) groups excluding carboxylic acids is 1. The summed E-state index contributed by atoms with van der Waals surface area (Å²) in [6.45, 7) is 4.23. The third-order valence-electron chi connectivity index (χ3n) is 5.37. The van der Waals surface area contributed by atoms with Gasteiger partial charge in [0.15, 0.2) is 0 Å². The Morgan fingerprint density at radius 1 is 1.22 bits per heavy atom. The first-order valence-corrected chi connectivity index (χ1v) is 9.82. The fraction of sp³-hybridized carbons (Fsp3) is 0.429. The summed E-state index contributed by atoms with van der Waals surface area (Å²) in [5.41, 5.74) is 1.25. The molecule has 1 aliphatic rings. The lowest BCUT2D eigenvalue weighted by Gasteiger charge is -2.33. The SMILES string of the molecule is O=C(NCCCn1ccc2ccccc21)N1CCC[C@@H](Cn2ccnc2)C1. The molecule has 0 radical (unpaired) electrons. The van der Waals surface area contributed by atoms with Crippen LogP contribution in [0.3, 0.4) is 0 Å². The lowest BCUT2D eigenvalue weighted by molar-refractivity contribution is 0.159. The maximum atomic E-state index is 12.5. The normalized spacial score (nSPS) is 17.3. The van der Waals surface area contributed by atoms with Gasteiger partial charge < -0.3 is 19.4 Å². The Labute approximate surface area is 159 Å². The number of aromatic nitrogens is 3. The van der Waals surface area contributed by atoms with Crippen LogP contribution in [0.4, 0.5) is 4.79 Å². The van der Waals surface area contributed by atoms with Gasteiger partial charge in [-0.2, -0.15) is 0 Å². The molecule has 6 nitrogen and oxygen atoms in total. The average molecular weight is 365 g/mol. The van der Waals surface area contributed by atoms with Crippen LogP contribution < -0.4 is 5.32 Å². The number of para-hydroxylation sites is 1.